The van der Waals surface area contributed by atoms with Gasteiger partial charge in [0.25, 0.3) is 0 Å². The fourth-order valence-electron chi connectivity index (χ4n) is 6.06. The number of rotatable bonds is 7. The van der Waals surface area contributed by atoms with Crippen LogP contribution in [-0.2, 0) is 17.7 Å². The number of halogens is 3. The van der Waals surface area contributed by atoms with Crippen LogP contribution >= 0.6 is 0 Å². The minimum Gasteiger partial charge on any atom is -0.433 e. The topological polar surface area (TPSA) is 111 Å². The molecule has 0 radical (unpaired) electrons. The van der Waals surface area contributed by atoms with E-state index in [2.05, 4.69) is 20.0 Å². The molecular formula is C32H29F3N6O3. The maximum absolute atomic E-state index is 15.0. The summed E-state index contributed by atoms with van der Waals surface area (Å²) in [7, 11) is 0. The Labute approximate surface area is 250 Å². The zero-order valence-corrected chi connectivity index (χ0v) is 23.9. The average Bonchev–Trinajstić information content (AvgIpc) is 3.73. The van der Waals surface area contributed by atoms with Crippen molar-refractivity contribution in [2.45, 2.75) is 32.0 Å². The maximum Gasteiger partial charge on any atom is 0.219 e. The molecular weight excluding hydrogens is 573 g/mol. The molecule has 7 rings (SSSR count). The molecule has 44 heavy (non-hydrogen) atoms. The number of nitrogens with two attached hydrogens (primary N) is 1. The molecule has 226 valence electrons. The van der Waals surface area contributed by atoms with E-state index in [0.717, 1.165) is 47.1 Å². The molecule has 2 aliphatic rings. The van der Waals surface area contributed by atoms with Crippen LogP contribution in [0.5, 0.6) is 11.6 Å². The molecule has 5 aromatic rings. The summed E-state index contributed by atoms with van der Waals surface area (Å²) in [6.07, 6.45) is 3.97. The van der Waals surface area contributed by atoms with Crippen LogP contribution in [0.15, 0.2) is 54.9 Å². The van der Waals surface area contributed by atoms with E-state index in [1.165, 1.54) is 29.2 Å². The second-order valence-corrected chi connectivity index (χ2v) is 11.4. The number of fused-ring (bicyclic) bond motifs is 3. The van der Waals surface area contributed by atoms with Gasteiger partial charge in [0.1, 0.15) is 11.5 Å². The number of para-hydroxylation sites is 1. The van der Waals surface area contributed by atoms with Crippen LogP contribution in [0.25, 0.3) is 16.6 Å². The van der Waals surface area contributed by atoms with Crippen molar-refractivity contribution in [2.24, 2.45) is 0 Å². The van der Waals surface area contributed by atoms with Crippen molar-refractivity contribution in [1.29, 1.82) is 0 Å². The van der Waals surface area contributed by atoms with Crippen LogP contribution in [-0.4, -0.2) is 62.4 Å². The highest BCUT2D eigenvalue weighted by atomic mass is 19.1. The van der Waals surface area contributed by atoms with Crippen LogP contribution in [0.1, 0.15) is 39.2 Å². The standard InChI is InChI=1S/C32H29F3N6O3/c1-18-11-28(44-30-23(33)3-2-4-24(30)34)37-14-27(18)41-31(36)22(13-38-41)29(42)26-12-21-20-7-9-40(16-32(35)8-10-43-17-32)15-19(20)5-6-25(21)39-26/h2-6,11-14,39H,7-10,15-17,36H2,1H3. The molecule has 5 heterocycles. The van der Waals surface area contributed by atoms with Gasteiger partial charge in [-0.25, -0.2) is 22.8 Å². The van der Waals surface area contributed by atoms with Crippen molar-refractivity contribution in [3.8, 4) is 17.3 Å². The Morgan fingerprint density at radius 1 is 1.18 bits per heavy atom. The lowest BCUT2D eigenvalue weighted by Crippen LogP contribution is -2.42. The molecule has 1 saturated heterocycles. The van der Waals surface area contributed by atoms with Gasteiger partial charge in [-0.15, -0.1) is 0 Å². The van der Waals surface area contributed by atoms with Gasteiger partial charge in [-0.1, -0.05) is 12.1 Å². The highest BCUT2D eigenvalue weighted by Gasteiger charge is 2.37. The van der Waals surface area contributed by atoms with Crippen LogP contribution < -0.4 is 10.5 Å². The van der Waals surface area contributed by atoms with Crippen LogP contribution in [0.3, 0.4) is 0 Å². The number of hydrogen-bond donors (Lipinski definition) is 2. The fourth-order valence-corrected chi connectivity index (χ4v) is 6.06. The van der Waals surface area contributed by atoms with E-state index < -0.39 is 23.1 Å². The second kappa shape index (κ2) is 10.8. The van der Waals surface area contributed by atoms with Crippen molar-refractivity contribution < 1.29 is 27.4 Å². The minimum absolute atomic E-state index is 0.0152. The molecule has 0 aliphatic carbocycles. The minimum atomic E-state index is -1.30. The number of ketones is 1. The number of hydrogen-bond acceptors (Lipinski definition) is 7. The highest BCUT2D eigenvalue weighted by molar-refractivity contribution is 6.12. The predicted molar refractivity (Wildman–Crippen MR) is 157 cm³/mol. The van der Waals surface area contributed by atoms with Crippen LogP contribution in [0, 0.1) is 18.6 Å². The third kappa shape index (κ3) is 4.99. The number of carbonyl (C=O) groups excluding carboxylic acids is 1. The Morgan fingerprint density at radius 2 is 2.00 bits per heavy atom. The van der Waals surface area contributed by atoms with Gasteiger partial charge in [-0.2, -0.15) is 5.10 Å². The van der Waals surface area contributed by atoms with Gasteiger partial charge >= 0.3 is 0 Å². The Kier molecular flexibility index (Phi) is 6.90. The number of alkyl halides is 1. The first kappa shape index (κ1) is 28.1. The second-order valence-electron chi connectivity index (χ2n) is 11.4. The Balaban J connectivity index is 1.11. The van der Waals surface area contributed by atoms with Gasteiger partial charge in [0.05, 0.1) is 35.9 Å². The van der Waals surface area contributed by atoms with Gasteiger partial charge in [-0.3, -0.25) is 9.69 Å². The molecule has 3 N–H and O–H groups in total. The first-order valence-electron chi connectivity index (χ1n) is 14.3. The normalized spacial score (nSPS) is 18.5. The van der Waals surface area contributed by atoms with Crippen molar-refractivity contribution in [1.82, 2.24) is 24.6 Å². The van der Waals surface area contributed by atoms with Gasteiger partial charge in [-0.05, 0) is 54.3 Å². The molecule has 1 fully saturated rings. The fraction of sp³-hybridized carbons (Fsp3) is 0.281. The number of anilines is 1. The van der Waals surface area contributed by atoms with Crippen LogP contribution in [0.4, 0.5) is 19.0 Å². The SMILES string of the molecule is Cc1cc(Oc2c(F)cccc2F)ncc1-n1ncc(C(=O)c2cc3c4c(ccc3[nH]2)CN(CC2(F)CCOC2)CC4)c1N. The monoisotopic (exact) mass is 602 g/mol. The molecule has 0 saturated carbocycles. The third-order valence-electron chi connectivity index (χ3n) is 8.35. The molecule has 2 aliphatic heterocycles. The van der Waals surface area contributed by atoms with Gasteiger partial charge in [0.15, 0.2) is 11.6 Å². The van der Waals surface area contributed by atoms with E-state index >= 15 is 4.39 Å². The quantitative estimate of drug-likeness (QED) is 0.239. The zero-order chi connectivity index (χ0) is 30.6. The molecule has 12 heteroatoms. The molecule has 3 aromatic heterocycles. The Bertz CT molecular complexity index is 1890. The number of nitrogens with zero attached hydrogens (tertiary/aromatic N) is 4. The lowest BCUT2D eigenvalue weighted by molar-refractivity contribution is 0.0656. The summed E-state index contributed by atoms with van der Waals surface area (Å²) >= 11 is 0. The molecule has 9 nitrogen and oxygen atoms in total. The molecule has 1 atom stereocenters. The summed E-state index contributed by atoms with van der Waals surface area (Å²) in [6, 6.07) is 10.7. The van der Waals surface area contributed by atoms with Crippen molar-refractivity contribution in [3.05, 3.63) is 94.4 Å². The number of benzene rings is 2. The van der Waals surface area contributed by atoms with Crippen molar-refractivity contribution >= 4 is 22.5 Å². The summed E-state index contributed by atoms with van der Waals surface area (Å²) in [5.41, 5.74) is 9.85. The maximum atomic E-state index is 15.0. The lowest BCUT2D eigenvalue weighted by Gasteiger charge is -2.33. The summed E-state index contributed by atoms with van der Waals surface area (Å²) in [6.45, 7) is 4.05. The van der Waals surface area contributed by atoms with E-state index in [9.17, 15) is 13.6 Å². The largest absolute Gasteiger partial charge is 0.433 e. The number of H-pyrrole nitrogens is 1. The van der Waals surface area contributed by atoms with Gasteiger partial charge in [0, 0.05) is 49.6 Å². The Morgan fingerprint density at radius 3 is 2.75 bits per heavy atom. The summed E-state index contributed by atoms with van der Waals surface area (Å²) in [5.74, 6) is -2.48. The number of aromatic nitrogens is 4. The lowest BCUT2D eigenvalue weighted by atomic mass is 9.94. The number of carbonyl (C=O) groups is 1. The number of nitrogen functional groups attached to an aromatic ring is 1. The summed E-state index contributed by atoms with van der Waals surface area (Å²) < 4.78 is 55.1. The van der Waals surface area contributed by atoms with E-state index in [1.54, 1.807) is 6.92 Å². The predicted octanol–water partition coefficient (Wildman–Crippen LogP) is 5.43. The molecule has 2 aromatic carbocycles. The van der Waals surface area contributed by atoms with E-state index in [4.69, 9.17) is 15.2 Å². The third-order valence-corrected chi connectivity index (χ3v) is 8.35. The van der Waals surface area contributed by atoms with Gasteiger partial charge < -0.3 is 20.2 Å². The molecule has 0 amide bonds. The summed E-state index contributed by atoms with van der Waals surface area (Å²) in [4.78, 5) is 23.1. The molecule has 0 bridgehead atoms. The first-order chi connectivity index (χ1) is 21.2. The number of aromatic amines is 1. The highest BCUT2D eigenvalue weighted by Crippen LogP contribution is 2.33. The number of aryl methyl sites for hydroxylation is 1. The van der Waals surface area contributed by atoms with E-state index in [1.807, 2.05) is 18.2 Å². The Hall–Kier alpha value is -4.68. The average molecular weight is 603 g/mol. The number of pyridine rings is 1. The van der Waals surface area contributed by atoms with Gasteiger partial charge in [0.2, 0.25) is 17.4 Å². The number of ether oxygens (including phenoxy) is 2. The number of nitrogens with one attached hydrogen (secondary N) is 1. The van der Waals surface area contributed by atoms with E-state index in [-0.39, 0.29) is 29.7 Å². The first-order valence-corrected chi connectivity index (χ1v) is 14.3. The summed E-state index contributed by atoms with van der Waals surface area (Å²) in [5, 5.41) is 5.28. The molecule has 0 spiro atoms. The smallest absolute Gasteiger partial charge is 0.219 e. The molecule has 1 unspecified atom stereocenters. The van der Waals surface area contributed by atoms with Crippen LogP contribution in [0.2, 0.25) is 0 Å². The zero-order valence-electron chi connectivity index (χ0n) is 23.9. The van der Waals surface area contributed by atoms with Crippen molar-refractivity contribution in [3.63, 3.8) is 0 Å². The van der Waals surface area contributed by atoms with E-state index in [0.29, 0.717) is 43.1 Å². The van der Waals surface area contributed by atoms with Crippen molar-refractivity contribution in [2.75, 3.05) is 32.0 Å².